The minimum Gasteiger partial charge on any atom is -0.352 e. The first-order valence-corrected chi connectivity index (χ1v) is 7.48. The van der Waals surface area contributed by atoms with Gasteiger partial charge in [-0.05, 0) is 44.1 Å². The van der Waals surface area contributed by atoms with Crippen molar-refractivity contribution in [3.05, 3.63) is 34.3 Å². The van der Waals surface area contributed by atoms with E-state index in [2.05, 4.69) is 31.9 Å². The van der Waals surface area contributed by atoms with Crippen LogP contribution in [0.15, 0.2) is 28.7 Å². The number of hydrogen-bond acceptors (Lipinski definition) is 3. The summed E-state index contributed by atoms with van der Waals surface area (Å²) in [4.78, 5) is 23.6. The summed E-state index contributed by atoms with van der Waals surface area (Å²) in [6, 6.07) is 7.28. The van der Waals surface area contributed by atoms with Crippen LogP contribution >= 0.6 is 28.3 Å². The predicted molar refractivity (Wildman–Crippen MR) is 87.8 cm³/mol. The average molecular weight is 377 g/mol. The zero-order valence-electron chi connectivity index (χ0n) is 11.5. The molecule has 0 atom stereocenters. The lowest BCUT2D eigenvalue weighted by Gasteiger charge is -2.23. The van der Waals surface area contributed by atoms with Gasteiger partial charge in [-0.2, -0.15) is 0 Å². The number of benzene rings is 1. The highest BCUT2D eigenvalue weighted by Crippen LogP contribution is 2.11. The van der Waals surface area contributed by atoms with Crippen LogP contribution in [-0.2, 0) is 4.79 Å². The second kappa shape index (κ2) is 9.02. The number of halogens is 2. The van der Waals surface area contributed by atoms with Gasteiger partial charge < -0.3 is 16.0 Å². The summed E-state index contributed by atoms with van der Waals surface area (Å²) in [5.41, 5.74) is 0.536. The SMILES string of the molecule is Cl.O=C(CNC(=O)c1cccc(Br)c1)NC1CCNCC1. The van der Waals surface area contributed by atoms with Crippen LogP contribution in [0.3, 0.4) is 0 Å². The maximum absolute atomic E-state index is 11.9. The number of rotatable bonds is 4. The van der Waals surface area contributed by atoms with E-state index in [1.54, 1.807) is 18.2 Å². The molecule has 2 amide bonds. The fourth-order valence-electron chi connectivity index (χ4n) is 2.14. The Morgan fingerprint density at radius 1 is 1.29 bits per heavy atom. The van der Waals surface area contributed by atoms with Crippen molar-refractivity contribution in [2.75, 3.05) is 19.6 Å². The topological polar surface area (TPSA) is 70.2 Å². The molecule has 5 nitrogen and oxygen atoms in total. The quantitative estimate of drug-likeness (QED) is 0.745. The molecule has 0 unspecified atom stereocenters. The standard InChI is InChI=1S/C14H18BrN3O2.ClH/c15-11-3-1-2-10(8-11)14(20)17-9-13(19)18-12-4-6-16-7-5-12;/h1-3,8,12,16H,4-7,9H2,(H,17,20)(H,18,19);1H. The maximum atomic E-state index is 11.9. The van der Waals surface area contributed by atoms with E-state index in [0.29, 0.717) is 5.56 Å². The highest BCUT2D eigenvalue weighted by molar-refractivity contribution is 9.10. The van der Waals surface area contributed by atoms with Crippen molar-refractivity contribution in [3.63, 3.8) is 0 Å². The fraction of sp³-hybridized carbons (Fsp3) is 0.429. The molecule has 1 aliphatic heterocycles. The smallest absolute Gasteiger partial charge is 0.251 e. The summed E-state index contributed by atoms with van der Waals surface area (Å²) in [5, 5.41) is 8.80. The molecule has 7 heteroatoms. The molecular weight excluding hydrogens is 358 g/mol. The number of carbonyl (C=O) groups is 2. The molecule has 1 aliphatic rings. The molecule has 3 N–H and O–H groups in total. The van der Waals surface area contributed by atoms with E-state index in [4.69, 9.17) is 0 Å². The monoisotopic (exact) mass is 375 g/mol. The molecule has 2 rings (SSSR count). The molecular formula is C14H19BrClN3O2. The van der Waals surface area contributed by atoms with Crippen LogP contribution in [-0.4, -0.2) is 37.5 Å². The zero-order valence-corrected chi connectivity index (χ0v) is 13.9. The molecule has 0 saturated carbocycles. The third-order valence-corrected chi connectivity index (χ3v) is 3.69. The highest BCUT2D eigenvalue weighted by atomic mass is 79.9. The van der Waals surface area contributed by atoms with E-state index >= 15 is 0 Å². The summed E-state index contributed by atoms with van der Waals surface area (Å²) in [6.45, 7) is 1.86. The number of carbonyl (C=O) groups excluding carboxylic acids is 2. The lowest BCUT2D eigenvalue weighted by Crippen LogP contribution is -2.46. The average Bonchev–Trinajstić information content (AvgIpc) is 2.46. The zero-order chi connectivity index (χ0) is 14.4. The van der Waals surface area contributed by atoms with Crippen molar-refractivity contribution in [2.24, 2.45) is 0 Å². The molecule has 116 valence electrons. The molecule has 1 aromatic rings. The first-order valence-electron chi connectivity index (χ1n) is 6.69. The lowest BCUT2D eigenvalue weighted by atomic mass is 10.1. The van der Waals surface area contributed by atoms with E-state index in [9.17, 15) is 9.59 Å². The predicted octanol–water partition coefficient (Wildman–Crippen LogP) is 1.47. The fourth-order valence-corrected chi connectivity index (χ4v) is 2.54. The molecule has 1 aromatic carbocycles. The summed E-state index contributed by atoms with van der Waals surface area (Å²) < 4.78 is 0.837. The van der Waals surface area contributed by atoms with Gasteiger partial charge in [-0.1, -0.05) is 22.0 Å². The minimum absolute atomic E-state index is 0. The van der Waals surface area contributed by atoms with Gasteiger partial charge in [0.2, 0.25) is 5.91 Å². The summed E-state index contributed by atoms with van der Waals surface area (Å²) in [6.07, 6.45) is 1.87. The molecule has 0 radical (unpaired) electrons. The van der Waals surface area contributed by atoms with Gasteiger partial charge in [0.25, 0.3) is 5.91 Å². The molecule has 0 bridgehead atoms. The summed E-state index contributed by atoms with van der Waals surface area (Å²) >= 11 is 3.31. The van der Waals surface area contributed by atoms with Gasteiger partial charge in [-0.15, -0.1) is 12.4 Å². The van der Waals surface area contributed by atoms with Crippen molar-refractivity contribution in [2.45, 2.75) is 18.9 Å². The lowest BCUT2D eigenvalue weighted by molar-refractivity contribution is -0.121. The molecule has 0 spiro atoms. The van der Waals surface area contributed by atoms with Gasteiger partial charge in [0.05, 0.1) is 6.54 Å². The first kappa shape index (κ1) is 17.9. The van der Waals surface area contributed by atoms with Crippen LogP contribution < -0.4 is 16.0 Å². The van der Waals surface area contributed by atoms with Crippen molar-refractivity contribution in [1.82, 2.24) is 16.0 Å². The Morgan fingerprint density at radius 3 is 2.67 bits per heavy atom. The van der Waals surface area contributed by atoms with Gasteiger partial charge in [-0.3, -0.25) is 9.59 Å². The van der Waals surface area contributed by atoms with Crippen molar-refractivity contribution in [3.8, 4) is 0 Å². The van der Waals surface area contributed by atoms with E-state index in [0.717, 1.165) is 30.4 Å². The van der Waals surface area contributed by atoms with Crippen LogP contribution in [0.1, 0.15) is 23.2 Å². The Kier molecular flexibility index (Phi) is 7.71. The largest absolute Gasteiger partial charge is 0.352 e. The maximum Gasteiger partial charge on any atom is 0.251 e. The van der Waals surface area contributed by atoms with E-state index < -0.39 is 0 Å². The number of hydrogen-bond donors (Lipinski definition) is 3. The number of amides is 2. The van der Waals surface area contributed by atoms with Gasteiger partial charge in [-0.25, -0.2) is 0 Å². The van der Waals surface area contributed by atoms with Gasteiger partial charge in [0.15, 0.2) is 0 Å². The second-order valence-corrected chi connectivity index (χ2v) is 5.70. The molecule has 1 heterocycles. The van der Waals surface area contributed by atoms with Crippen LogP contribution in [0.25, 0.3) is 0 Å². The van der Waals surface area contributed by atoms with Gasteiger partial charge in [0.1, 0.15) is 0 Å². The Labute approximate surface area is 138 Å². The highest BCUT2D eigenvalue weighted by Gasteiger charge is 2.15. The number of nitrogens with one attached hydrogen (secondary N) is 3. The van der Waals surface area contributed by atoms with Crippen molar-refractivity contribution >= 4 is 40.2 Å². The second-order valence-electron chi connectivity index (χ2n) is 4.78. The van der Waals surface area contributed by atoms with E-state index in [-0.39, 0.29) is 36.8 Å². The van der Waals surface area contributed by atoms with Crippen molar-refractivity contribution in [1.29, 1.82) is 0 Å². The Bertz CT molecular complexity index is 493. The molecule has 0 aromatic heterocycles. The molecule has 1 fully saturated rings. The minimum atomic E-state index is -0.244. The molecule has 21 heavy (non-hydrogen) atoms. The normalized spacial score (nSPS) is 14.9. The van der Waals surface area contributed by atoms with Crippen LogP contribution in [0.4, 0.5) is 0 Å². The third-order valence-electron chi connectivity index (χ3n) is 3.20. The first-order chi connectivity index (χ1) is 9.65. The Hall–Kier alpha value is -1.11. The number of piperidine rings is 1. The third kappa shape index (κ3) is 6.03. The van der Waals surface area contributed by atoms with Crippen LogP contribution in [0.2, 0.25) is 0 Å². The van der Waals surface area contributed by atoms with Crippen LogP contribution in [0.5, 0.6) is 0 Å². The van der Waals surface area contributed by atoms with Crippen LogP contribution in [0, 0.1) is 0 Å². The Morgan fingerprint density at radius 2 is 2.00 bits per heavy atom. The van der Waals surface area contributed by atoms with Gasteiger partial charge in [0, 0.05) is 16.1 Å². The molecule has 1 saturated heterocycles. The van der Waals surface area contributed by atoms with Crippen molar-refractivity contribution < 1.29 is 9.59 Å². The molecule has 0 aliphatic carbocycles. The van der Waals surface area contributed by atoms with E-state index in [1.165, 1.54) is 0 Å². The van der Waals surface area contributed by atoms with Gasteiger partial charge >= 0.3 is 0 Å². The summed E-state index contributed by atoms with van der Waals surface area (Å²) in [5.74, 6) is -0.382. The summed E-state index contributed by atoms with van der Waals surface area (Å²) in [7, 11) is 0. The van der Waals surface area contributed by atoms with E-state index in [1.807, 2.05) is 6.07 Å². The Balaban J connectivity index is 0.00000220.